The van der Waals surface area contributed by atoms with E-state index in [2.05, 4.69) is 0 Å². The maximum Gasteiger partial charge on any atom is 0.260 e. The van der Waals surface area contributed by atoms with Gasteiger partial charge in [0.2, 0.25) is 15.8 Å². The lowest BCUT2D eigenvalue weighted by atomic mass is 10.1. The van der Waals surface area contributed by atoms with Gasteiger partial charge in [-0.25, -0.2) is 12.7 Å². The summed E-state index contributed by atoms with van der Waals surface area (Å²) in [5.41, 5.74) is 1.41. The highest BCUT2D eigenvalue weighted by molar-refractivity contribution is 7.89. The molecular formula is C22H30N2O7S. The van der Waals surface area contributed by atoms with E-state index >= 15 is 0 Å². The highest BCUT2D eigenvalue weighted by Gasteiger charge is 2.19. The molecule has 0 heterocycles. The van der Waals surface area contributed by atoms with E-state index in [0.717, 1.165) is 9.87 Å². The molecule has 1 amide bonds. The Hall–Kier alpha value is -2.98. The SMILES string of the molecule is COc1cc(CN(C)C(=O)COc2ccc(S(=O)(=O)N(C)C)cc2C)cc(OC)c1OC. The summed E-state index contributed by atoms with van der Waals surface area (Å²) in [6.45, 7) is 1.84. The lowest BCUT2D eigenvalue weighted by Gasteiger charge is -2.20. The van der Waals surface area contributed by atoms with Gasteiger partial charge >= 0.3 is 0 Å². The van der Waals surface area contributed by atoms with Crippen LogP contribution in [-0.2, 0) is 21.4 Å². The second-order valence-corrected chi connectivity index (χ2v) is 9.44. The molecule has 0 spiro atoms. The zero-order chi connectivity index (χ0) is 24.1. The van der Waals surface area contributed by atoms with E-state index < -0.39 is 10.0 Å². The predicted molar refractivity (Wildman–Crippen MR) is 120 cm³/mol. The smallest absolute Gasteiger partial charge is 0.260 e. The van der Waals surface area contributed by atoms with Crippen LogP contribution < -0.4 is 18.9 Å². The van der Waals surface area contributed by atoms with Crippen molar-refractivity contribution in [2.24, 2.45) is 0 Å². The number of hydrogen-bond donors (Lipinski definition) is 0. The molecule has 0 aliphatic heterocycles. The van der Waals surface area contributed by atoms with Crippen LogP contribution in [0.5, 0.6) is 23.0 Å². The average Bonchev–Trinajstić information content (AvgIpc) is 2.76. The molecule has 0 unspecified atom stereocenters. The third-order valence-electron chi connectivity index (χ3n) is 4.85. The number of benzene rings is 2. The van der Waals surface area contributed by atoms with Crippen LogP contribution in [0, 0.1) is 6.92 Å². The van der Waals surface area contributed by atoms with Crippen molar-refractivity contribution >= 4 is 15.9 Å². The molecule has 0 radical (unpaired) electrons. The maximum atomic E-state index is 12.6. The molecule has 176 valence electrons. The summed E-state index contributed by atoms with van der Waals surface area (Å²) in [4.78, 5) is 14.3. The Labute approximate surface area is 189 Å². The van der Waals surface area contributed by atoms with Crippen LogP contribution >= 0.6 is 0 Å². The number of ether oxygens (including phenoxy) is 4. The van der Waals surface area contributed by atoms with Crippen molar-refractivity contribution in [3.8, 4) is 23.0 Å². The molecule has 0 atom stereocenters. The first-order chi connectivity index (χ1) is 15.0. The monoisotopic (exact) mass is 466 g/mol. The number of aryl methyl sites for hydroxylation is 1. The van der Waals surface area contributed by atoms with Crippen molar-refractivity contribution < 1.29 is 32.2 Å². The number of likely N-dealkylation sites (N-methyl/N-ethyl adjacent to an activating group) is 1. The van der Waals surface area contributed by atoms with Crippen molar-refractivity contribution in [2.45, 2.75) is 18.4 Å². The van der Waals surface area contributed by atoms with Gasteiger partial charge < -0.3 is 23.8 Å². The van der Waals surface area contributed by atoms with E-state index in [1.54, 1.807) is 32.2 Å². The molecule has 0 aliphatic rings. The molecule has 0 saturated heterocycles. The summed E-state index contributed by atoms with van der Waals surface area (Å²) in [5, 5.41) is 0. The van der Waals surface area contributed by atoms with Crippen molar-refractivity contribution in [1.29, 1.82) is 0 Å². The van der Waals surface area contributed by atoms with E-state index in [-0.39, 0.29) is 17.4 Å². The van der Waals surface area contributed by atoms with Crippen LogP contribution in [0.2, 0.25) is 0 Å². The molecule has 0 aliphatic carbocycles. The Bertz CT molecular complexity index is 1040. The summed E-state index contributed by atoms with van der Waals surface area (Å²) < 4.78 is 47.3. The fourth-order valence-corrected chi connectivity index (χ4v) is 3.98. The quantitative estimate of drug-likeness (QED) is 0.530. The predicted octanol–water partition coefficient (Wildman–Crippen LogP) is 2.31. The Morgan fingerprint density at radius 3 is 1.97 bits per heavy atom. The third kappa shape index (κ3) is 5.63. The van der Waals surface area contributed by atoms with E-state index in [0.29, 0.717) is 35.1 Å². The molecule has 2 aromatic carbocycles. The van der Waals surface area contributed by atoms with Gasteiger partial charge in [-0.1, -0.05) is 0 Å². The van der Waals surface area contributed by atoms with Crippen molar-refractivity contribution in [2.75, 3.05) is 49.1 Å². The third-order valence-corrected chi connectivity index (χ3v) is 6.66. The van der Waals surface area contributed by atoms with Crippen molar-refractivity contribution in [3.63, 3.8) is 0 Å². The Morgan fingerprint density at radius 1 is 0.906 bits per heavy atom. The largest absolute Gasteiger partial charge is 0.493 e. The lowest BCUT2D eigenvalue weighted by molar-refractivity contribution is -0.132. The standard InChI is InChI=1S/C22H30N2O7S/c1-15-10-17(32(26,27)23(2)3)8-9-18(15)31-14-21(25)24(4)13-16-11-19(28-5)22(30-7)20(12-16)29-6/h8-12H,13-14H2,1-7H3. The molecule has 9 nitrogen and oxygen atoms in total. The van der Waals surface area contributed by atoms with Crippen molar-refractivity contribution in [1.82, 2.24) is 9.21 Å². The number of methoxy groups -OCH3 is 3. The Morgan fingerprint density at radius 2 is 1.50 bits per heavy atom. The summed E-state index contributed by atoms with van der Waals surface area (Å²) in [5.74, 6) is 1.68. The Kier molecular flexibility index (Phi) is 8.34. The normalized spacial score (nSPS) is 11.2. The number of carbonyl (C=O) groups is 1. The average molecular weight is 467 g/mol. The molecule has 2 aromatic rings. The van der Waals surface area contributed by atoms with Gasteiger partial charge in [-0.3, -0.25) is 4.79 Å². The van der Waals surface area contributed by atoms with E-state index in [9.17, 15) is 13.2 Å². The molecule has 0 saturated carbocycles. The molecule has 0 fully saturated rings. The first kappa shape index (κ1) is 25.3. The van der Waals surface area contributed by atoms with Gasteiger partial charge in [0.1, 0.15) is 5.75 Å². The minimum atomic E-state index is -3.54. The molecule has 32 heavy (non-hydrogen) atoms. The summed E-state index contributed by atoms with van der Waals surface area (Å²) in [7, 11) is 5.65. The Balaban J connectivity index is 2.08. The molecule has 10 heteroatoms. The zero-order valence-electron chi connectivity index (χ0n) is 19.5. The van der Waals surface area contributed by atoms with Gasteiger partial charge in [-0.05, 0) is 48.4 Å². The number of nitrogens with zero attached hydrogens (tertiary/aromatic N) is 2. The number of amides is 1. The van der Waals surface area contributed by atoms with Crippen LogP contribution in [0.15, 0.2) is 35.2 Å². The fraction of sp³-hybridized carbons (Fsp3) is 0.409. The number of rotatable bonds is 10. The van der Waals surface area contributed by atoms with Gasteiger partial charge in [0.05, 0.1) is 26.2 Å². The topological polar surface area (TPSA) is 94.6 Å². The second kappa shape index (κ2) is 10.6. The van der Waals surface area contributed by atoms with E-state index in [1.807, 2.05) is 0 Å². The number of carbonyl (C=O) groups excluding carboxylic acids is 1. The van der Waals surface area contributed by atoms with Gasteiger partial charge in [0.25, 0.3) is 5.91 Å². The highest BCUT2D eigenvalue weighted by atomic mass is 32.2. The van der Waals surface area contributed by atoms with Gasteiger partial charge in [0, 0.05) is 27.7 Å². The van der Waals surface area contributed by atoms with Gasteiger partial charge in [-0.2, -0.15) is 0 Å². The highest BCUT2D eigenvalue weighted by Crippen LogP contribution is 2.38. The van der Waals surface area contributed by atoms with Crippen LogP contribution in [0.1, 0.15) is 11.1 Å². The first-order valence-corrected chi connectivity index (χ1v) is 11.2. The minimum Gasteiger partial charge on any atom is -0.493 e. The first-order valence-electron chi connectivity index (χ1n) is 9.74. The van der Waals surface area contributed by atoms with Gasteiger partial charge in [0.15, 0.2) is 18.1 Å². The van der Waals surface area contributed by atoms with E-state index in [1.165, 1.54) is 52.5 Å². The molecule has 0 N–H and O–H groups in total. The summed E-state index contributed by atoms with van der Waals surface area (Å²) in [6.07, 6.45) is 0. The summed E-state index contributed by atoms with van der Waals surface area (Å²) >= 11 is 0. The molecular weight excluding hydrogens is 436 g/mol. The van der Waals surface area contributed by atoms with Crippen LogP contribution in [0.3, 0.4) is 0 Å². The molecule has 2 rings (SSSR count). The van der Waals surface area contributed by atoms with E-state index in [4.69, 9.17) is 18.9 Å². The lowest BCUT2D eigenvalue weighted by Crippen LogP contribution is -2.31. The maximum absolute atomic E-state index is 12.6. The van der Waals surface area contributed by atoms with Gasteiger partial charge in [-0.15, -0.1) is 0 Å². The van der Waals surface area contributed by atoms with Crippen LogP contribution in [0.25, 0.3) is 0 Å². The number of hydrogen-bond acceptors (Lipinski definition) is 7. The number of sulfonamides is 1. The molecule has 0 aromatic heterocycles. The van der Waals surface area contributed by atoms with Crippen molar-refractivity contribution in [3.05, 3.63) is 41.5 Å². The van der Waals surface area contributed by atoms with Crippen LogP contribution in [0.4, 0.5) is 0 Å². The minimum absolute atomic E-state index is 0.165. The zero-order valence-corrected chi connectivity index (χ0v) is 20.3. The second-order valence-electron chi connectivity index (χ2n) is 7.29. The molecule has 0 bridgehead atoms. The summed E-state index contributed by atoms with van der Waals surface area (Å²) in [6, 6.07) is 8.09. The fourth-order valence-electron chi connectivity index (χ4n) is 2.99. The van der Waals surface area contributed by atoms with Crippen LogP contribution in [-0.4, -0.2) is 72.6 Å².